The van der Waals surface area contributed by atoms with E-state index in [2.05, 4.69) is 10.6 Å². The highest BCUT2D eigenvalue weighted by atomic mass is 32.1. The largest absolute Gasteiger partial charge is 0.331 e. The van der Waals surface area contributed by atoms with Crippen molar-refractivity contribution in [3.8, 4) is 0 Å². The summed E-state index contributed by atoms with van der Waals surface area (Å²) in [6.07, 6.45) is 5.79. The number of thiophene rings is 1. The number of benzene rings is 1. The van der Waals surface area contributed by atoms with Crippen LogP contribution in [0.2, 0.25) is 0 Å². The molecule has 27 heavy (non-hydrogen) atoms. The lowest BCUT2D eigenvalue weighted by Crippen LogP contribution is -2.39. The summed E-state index contributed by atoms with van der Waals surface area (Å²) >= 11 is 1.41. The van der Waals surface area contributed by atoms with Crippen LogP contribution in [0, 0.1) is 0 Å². The Morgan fingerprint density at radius 3 is 2.56 bits per heavy atom. The predicted molar refractivity (Wildman–Crippen MR) is 107 cm³/mol. The number of nitrogens with one attached hydrogen (secondary N) is 2. The predicted octanol–water partition coefficient (Wildman–Crippen LogP) is 3.30. The molecule has 0 unspecified atom stereocenters. The van der Waals surface area contributed by atoms with Crippen molar-refractivity contribution in [3.63, 3.8) is 0 Å². The molecular weight excluding hydrogens is 362 g/mol. The summed E-state index contributed by atoms with van der Waals surface area (Å²) in [6.45, 7) is 0. The second kappa shape index (κ2) is 8.18. The molecule has 7 heteroatoms. The first-order valence-corrected chi connectivity index (χ1v) is 9.48. The van der Waals surface area contributed by atoms with Crippen LogP contribution in [-0.4, -0.2) is 36.8 Å². The summed E-state index contributed by atoms with van der Waals surface area (Å²) in [5.41, 5.74) is 2.26. The van der Waals surface area contributed by atoms with Gasteiger partial charge in [-0.2, -0.15) is 0 Å². The maximum Gasteiger partial charge on any atom is 0.323 e. The summed E-state index contributed by atoms with van der Waals surface area (Å²) in [4.78, 5) is 39.2. The molecule has 0 saturated carbocycles. The van der Waals surface area contributed by atoms with Gasteiger partial charge in [0, 0.05) is 25.0 Å². The van der Waals surface area contributed by atoms with E-state index in [1.54, 1.807) is 20.2 Å². The minimum absolute atomic E-state index is 0.313. The van der Waals surface area contributed by atoms with Crippen molar-refractivity contribution in [2.75, 3.05) is 19.4 Å². The first kappa shape index (κ1) is 18.8. The minimum atomic E-state index is -0.487. The maximum atomic E-state index is 12.6. The number of amides is 4. The minimum Gasteiger partial charge on any atom is -0.331 e. The quantitative estimate of drug-likeness (QED) is 0.795. The number of anilines is 1. The molecule has 140 valence electrons. The van der Waals surface area contributed by atoms with Crippen molar-refractivity contribution in [2.45, 2.75) is 19.3 Å². The number of fused-ring (bicyclic) bond motifs is 1. The Hall–Kier alpha value is -2.93. The molecule has 0 atom stereocenters. The van der Waals surface area contributed by atoms with Gasteiger partial charge in [0.25, 0.3) is 5.91 Å². The monoisotopic (exact) mass is 383 g/mol. The molecule has 1 aliphatic rings. The van der Waals surface area contributed by atoms with Gasteiger partial charge in [-0.3, -0.25) is 14.9 Å². The van der Waals surface area contributed by atoms with Gasteiger partial charge in [-0.1, -0.05) is 30.3 Å². The number of imide groups is 1. The van der Waals surface area contributed by atoms with Crippen LogP contribution in [0.5, 0.6) is 0 Å². The molecule has 1 heterocycles. The topological polar surface area (TPSA) is 78.5 Å². The first-order chi connectivity index (χ1) is 13.0. The fourth-order valence-corrected chi connectivity index (χ4v) is 4.18. The van der Waals surface area contributed by atoms with Crippen LogP contribution in [0.15, 0.2) is 36.4 Å². The van der Waals surface area contributed by atoms with Crippen molar-refractivity contribution >= 4 is 40.3 Å². The number of carbonyl (C=O) groups excluding carboxylic acids is 3. The number of carbonyl (C=O) groups is 3. The molecule has 0 bridgehead atoms. The molecule has 0 aliphatic heterocycles. The average Bonchev–Trinajstić information content (AvgIpc) is 3.21. The van der Waals surface area contributed by atoms with E-state index < -0.39 is 11.9 Å². The highest BCUT2D eigenvalue weighted by Gasteiger charge is 2.28. The smallest absolute Gasteiger partial charge is 0.323 e. The zero-order chi connectivity index (χ0) is 19.4. The van der Waals surface area contributed by atoms with Crippen molar-refractivity contribution in [2.24, 2.45) is 0 Å². The number of nitrogens with zero attached hydrogens (tertiary/aromatic N) is 1. The van der Waals surface area contributed by atoms with Gasteiger partial charge in [-0.05, 0) is 36.5 Å². The molecule has 6 nitrogen and oxygen atoms in total. The molecule has 0 saturated heterocycles. The summed E-state index contributed by atoms with van der Waals surface area (Å²) in [5, 5.41) is 5.66. The lowest BCUT2D eigenvalue weighted by atomic mass is 10.1. The fourth-order valence-electron chi connectivity index (χ4n) is 2.89. The summed E-state index contributed by atoms with van der Waals surface area (Å²) in [5.74, 6) is -0.790. The van der Waals surface area contributed by atoms with Gasteiger partial charge < -0.3 is 10.2 Å². The van der Waals surface area contributed by atoms with Gasteiger partial charge in [0.05, 0.1) is 5.56 Å². The third-order valence-electron chi connectivity index (χ3n) is 4.24. The van der Waals surface area contributed by atoms with Crippen molar-refractivity contribution in [1.29, 1.82) is 0 Å². The summed E-state index contributed by atoms with van der Waals surface area (Å²) in [7, 11) is 3.13. The van der Waals surface area contributed by atoms with E-state index in [0.29, 0.717) is 10.6 Å². The lowest BCUT2D eigenvalue weighted by Gasteiger charge is -2.12. The Kier molecular flexibility index (Phi) is 5.71. The third kappa shape index (κ3) is 4.43. The van der Waals surface area contributed by atoms with E-state index in [-0.39, 0.29) is 5.91 Å². The van der Waals surface area contributed by atoms with Gasteiger partial charge in [0.2, 0.25) is 5.91 Å². The maximum absolute atomic E-state index is 12.6. The van der Waals surface area contributed by atoms with Crippen molar-refractivity contribution in [1.82, 2.24) is 10.2 Å². The molecule has 0 spiro atoms. The van der Waals surface area contributed by atoms with Crippen LogP contribution >= 0.6 is 11.3 Å². The average molecular weight is 383 g/mol. The Balaban J connectivity index is 1.79. The van der Waals surface area contributed by atoms with Crippen LogP contribution in [0.25, 0.3) is 6.08 Å². The zero-order valence-electron chi connectivity index (χ0n) is 15.2. The molecule has 1 aromatic heterocycles. The number of aryl methyl sites for hydroxylation is 1. The first-order valence-electron chi connectivity index (χ1n) is 8.67. The zero-order valence-corrected chi connectivity index (χ0v) is 16.1. The van der Waals surface area contributed by atoms with E-state index in [1.165, 1.54) is 22.3 Å². The van der Waals surface area contributed by atoms with E-state index in [0.717, 1.165) is 35.3 Å². The molecule has 1 aliphatic carbocycles. The third-order valence-corrected chi connectivity index (χ3v) is 5.45. The van der Waals surface area contributed by atoms with Gasteiger partial charge in [-0.15, -0.1) is 11.3 Å². The van der Waals surface area contributed by atoms with E-state index >= 15 is 0 Å². The Morgan fingerprint density at radius 2 is 1.85 bits per heavy atom. The van der Waals surface area contributed by atoms with Gasteiger partial charge in [-0.25, -0.2) is 4.79 Å². The molecule has 4 amide bonds. The SMILES string of the molecule is CN(C)C(=O)NC(=O)c1c(NC(=O)/C=C/c2ccccc2)sc2c1CCC2. The second-order valence-electron chi connectivity index (χ2n) is 6.45. The van der Waals surface area contributed by atoms with Gasteiger partial charge >= 0.3 is 6.03 Å². The second-order valence-corrected chi connectivity index (χ2v) is 7.55. The van der Waals surface area contributed by atoms with Crippen LogP contribution < -0.4 is 10.6 Å². The number of rotatable bonds is 4. The van der Waals surface area contributed by atoms with E-state index in [1.807, 2.05) is 30.3 Å². The molecule has 3 rings (SSSR count). The number of urea groups is 1. The number of hydrogen-bond acceptors (Lipinski definition) is 4. The van der Waals surface area contributed by atoms with Crippen LogP contribution in [-0.2, 0) is 17.6 Å². The van der Waals surface area contributed by atoms with E-state index in [9.17, 15) is 14.4 Å². The summed E-state index contributed by atoms with van der Waals surface area (Å²) < 4.78 is 0. The molecule has 0 radical (unpaired) electrons. The van der Waals surface area contributed by atoms with Gasteiger partial charge in [0.1, 0.15) is 5.00 Å². The summed E-state index contributed by atoms with van der Waals surface area (Å²) in [6, 6.07) is 9.01. The Morgan fingerprint density at radius 1 is 1.11 bits per heavy atom. The molecule has 1 aromatic carbocycles. The number of hydrogen-bond donors (Lipinski definition) is 2. The van der Waals surface area contributed by atoms with Crippen LogP contribution in [0.4, 0.5) is 9.80 Å². The highest BCUT2D eigenvalue weighted by molar-refractivity contribution is 7.17. The van der Waals surface area contributed by atoms with Crippen molar-refractivity contribution < 1.29 is 14.4 Å². The van der Waals surface area contributed by atoms with E-state index in [4.69, 9.17) is 0 Å². The van der Waals surface area contributed by atoms with Crippen molar-refractivity contribution in [3.05, 3.63) is 58.0 Å². The standard InChI is InChI=1S/C20H21N3O3S/c1-23(2)20(26)22-18(25)17-14-9-6-10-15(14)27-19(17)21-16(24)12-11-13-7-4-3-5-8-13/h3-5,7-8,11-12H,6,9-10H2,1-2H3,(H,21,24)(H,22,25,26)/b12-11+. The van der Waals surface area contributed by atoms with Crippen LogP contribution in [0.3, 0.4) is 0 Å². The van der Waals surface area contributed by atoms with Crippen LogP contribution in [0.1, 0.15) is 32.8 Å². The molecule has 0 fully saturated rings. The molecule has 2 aromatic rings. The molecule has 2 N–H and O–H groups in total. The highest BCUT2D eigenvalue weighted by Crippen LogP contribution is 2.39. The Labute approximate surface area is 161 Å². The fraction of sp³-hybridized carbons (Fsp3) is 0.250. The van der Waals surface area contributed by atoms with Gasteiger partial charge in [0.15, 0.2) is 0 Å². The lowest BCUT2D eigenvalue weighted by molar-refractivity contribution is -0.111. The Bertz CT molecular complexity index is 901. The normalized spacial score (nSPS) is 12.7. The molecular formula is C20H21N3O3S.